The minimum Gasteiger partial charge on any atom is -0.508 e. The Kier molecular flexibility index (Phi) is 2.42. The summed E-state index contributed by atoms with van der Waals surface area (Å²) in [6, 6.07) is 5.97. The summed E-state index contributed by atoms with van der Waals surface area (Å²) in [5, 5.41) is 9.84. The van der Waals surface area contributed by atoms with Crippen molar-refractivity contribution < 1.29 is 5.11 Å². The maximum absolute atomic E-state index is 9.84. The molecule has 2 atom stereocenters. The quantitative estimate of drug-likeness (QED) is 0.750. The number of benzene rings is 1. The van der Waals surface area contributed by atoms with E-state index >= 15 is 0 Å². The van der Waals surface area contributed by atoms with E-state index in [1.54, 1.807) is 0 Å². The third-order valence-corrected chi connectivity index (χ3v) is 6.35. The van der Waals surface area contributed by atoms with Gasteiger partial charge < -0.3 is 5.11 Å². The molecule has 1 aromatic carbocycles. The predicted molar refractivity (Wildman–Crippen MR) is 67.3 cm³/mol. The van der Waals surface area contributed by atoms with Gasteiger partial charge in [-0.05, 0) is 36.4 Å². The smallest absolute Gasteiger partial charge is 0.119 e. The third-order valence-electron chi connectivity index (χ3n) is 3.49. The zero-order valence-electron chi connectivity index (χ0n) is 10.0. The molecule has 0 heterocycles. The van der Waals surface area contributed by atoms with E-state index in [1.165, 1.54) is 17.5 Å². The van der Waals surface area contributed by atoms with Crippen LogP contribution in [-0.4, -0.2) is 13.2 Å². The number of rotatable bonds is 2. The molecule has 82 valence electrons. The molecule has 1 N–H and O–H groups in total. The SMILES string of the molecule is Cc1ccc(O)c([C@@H]2C[C@H]2[Si](C)(C)C)c1. The summed E-state index contributed by atoms with van der Waals surface area (Å²) < 4.78 is 0. The number of aromatic hydroxyl groups is 1. The van der Waals surface area contributed by atoms with E-state index in [1.807, 2.05) is 12.1 Å². The zero-order chi connectivity index (χ0) is 11.2. The highest BCUT2D eigenvalue weighted by molar-refractivity contribution is 6.78. The number of aryl methyl sites for hydroxylation is 1. The second-order valence-corrected chi connectivity index (χ2v) is 11.4. The van der Waals surface area contributed by atoms with E-state index in [2.05, 4.69) is 32.6 Å². The first-order chi connectivity index (χ1) is 6.89. The van der Waals surface area contributed by atoms with Crippen molar-refractivity contribution >= 4 is 8.07 Å². The summed E-state index contributed by atoms with van der Waals surface area (Å²) in [6.07, 6.45) is 1.28. The van der Waals surface area contributed by atoms with Gasteiger partial charge in [-0.1, -0.05) is 37.3 Å². The van der Waals surface area contributed by atoms with Crippen LogP contribution in [-0.2, 0) is 0 Å². The van der Waals surface area contributed by atoms with Gasteiger partial charge in [0.15, 0.2) is 0 Å². The van der Waals surface area contributed by atoms with Crippen molar-refractivity contribution in [3.8, 4) is 5.75 Å². The summed E-state index contributed by atoms with van der Waals surface area (Å²) in [5.74, 6) is 1.13. The normalized spacial score (nSPS) is 25.3. The fraction of sp³-hybridized carbons (Fsp3) is 0.538. The van der Waals surface area contributed by atoms with Crippen LogP contribution >= 0.6 is 0 Å². The van der Waals surface area contributed by atoms with Gasteiger partial charge in [-0.25, -0.2) is 0 Å². The van der Waals surface area contributed by atoms with Crippen LogP contribution in [0.15, 0.2) is 18.2 Å². The van der Waals surface area contributed by atoms with Gasteiger partial charge in [0.05, 0.1) is 0 Å². The van der Waals surface area contributed by atoms with Crippen molar-refractivity contribution in [1.29, 1.82) is 0 Å². The van der Waals surface area contributed by atoms with Gasteiger partial charge in [-0.2, -0.15) is 0 Å². The molecular formula is C13H20OSi. The molecule has 15 heavy (non-hydrogen) atoms. The molecule has 0 saturated heterocycles. The molecule has 2 rings (SSSR count). The van der Waals surface area contributed by atoms with Crippen LogP contribution in [0.5, 0.6) is 5.75 Å². The van der Waals surface area contributed by atoms with Gasteiger partial charge in [-0.3, -0.25) is 0 Å². The van der Waals surface area contributed by atoms with Crippen LogP contribution in [0, 0.1) is 6.92 Å². The number of hydrogen-bond donors (Lipinski definition) is 1. The molecular weight excluding hydrogens is 200 g/mol. The molecule has 1 saturated carbocycles. The molecule has 1 aliphatic rings. The molecule has 1 aliphatic carbocycles. The van der Waals surface area contributed by atoms with Crippen molar-refractivity contribution in [3.05, 3.63) is 29.3 Å². The van der Waals surface area contributed by atoms with Crippen LogP contribution in [0.25, 0.3) is 0 Å². The van der Waals surface area contributed by atoms with Crippen molar-refractivity contribution in [2.24, 2.45) is 0 Å². The van der Waals surface area contributed by atoms with Crippen LogP contribution in [0.2, 0.25) is 25.2 Å². The minimum absolute atomic E-state index is 0.492. The second kappa shape index (κ2) is 3.37. The summed E-state index contributed by atoms with van der Waals surface area (Å²) in [7, 11) is -1.02. The van der Waals surface area contributed by atoms with Crippen molar-refractivity contribution in [2.75, 3.05) is 0 Å². The number of phenolic OH excluding ortho intramolecular Hbond substituents is 1. The lowest BCUT2D eigenvalue weighted by atomic mass is 10.1. The fourth-order valence-electron chi connectivity index (χ4n) is 2.47. The van der Waals surface area contributed by atoms with Gasteiger partial charge in [0.25, 0.3) is 0 Å². The van der Waals surface area contributed by atoms with Crippen LogP contribution in [0.1, 0.15) is 23.5 Å². The summed E-state index contributed by atoms with van der Waals surface area (Å²) in [4.78, 5) is 0. The maximum Gasteiger partial charge on any atom is 0.119 e. The Labute approximate surface area is 93.2 Å². The van der Waals surface area contributed by atoms with Crippen molar-refractivity contribution in [2.45, 2.75) is 44.4 Å². The molecule has 0 radical (unpaired) electrons. The maximum atomic E-state index is 9.84. The van der Waals surface area contributed by atoms with E-state index < -0.39 is 8.07 Å². The Morgan fingerprint density at radius 3 is 2.47 bits per heavy atom. The average molecular weight is 220 g/mol. The Hall–Kier alpha value is -0.763. The molecule has 1 nitrogen and oxygen atoms in total. The molecule has 2 heteroatoms. The highest BCUT2D eigenvalue weighted by Crippen LogP contribution is 2.59. The lowest BCUT2D eigenvalue weighted by Gasteiger charge is -2.16. The summed E-state index contributed by atoms with van der Waals surface area (Å²) in [6.45, 7) is 9.36. The van der Waals surface area contributed by atoms with Crippen molar-refractivity contribution in [3.63, 3.8) is 0 Å². The standard InChI is InChI=1S/C13H20OSi/c1-9-5-6-12(14)10(7-9)11-8-13(11)15(2,3)4/h5-7,11,13-14H,8H2,1-4H3/t11-,13+/m0/s1. The number of hydrogen-bond acceptors (Lipinski definition) is 1. The average Bonchev–Trinajstić information content (AvgIpc) is 2.87. The molecule has 0 unspecified atom stereocenters. The van der Waals surface area contributed by atoms with Gasteiger partial charge >= 0.3 is 0 Å². The van der Waals surface area contributed by atoms with E-state index in [0.717, 1.165) is 5.54 Å². The van der Waals surface area contributed by atoms with Gasteiger partial charge in [-0.15, -0.1) is 0 Å². The van der Waals surface area contributed by atoms with E-state index in [9.17, 15) is 5.11 Å². The van der Waals surface area contributed by atoms with Gasteiger partial charge in [0.1, 0.15) is 5.75 Å². The highest BCUT2D eigenvalue weighted by atomic mass is 28.3. The second-order valence-electron chi connectivity index (χ2n) is 5.88. The van der Waals surface area contributed by atoms with Gasteiger partial charge in [0, 0.05) is 8.07 Å². The first-order valence-corrected chi connectivity index (χ1v) is 9.27. The van der Waals surface area contributed by atoms with Crippen LogP contribution in [0.3, 0.4) is 0 Å². The lowest BCUT2D eigenvalue weighted by molar-refractivity contribution is 0.468. The first-order valence-electron chi connectivity index (χ1n) is 5.69. The molecule has 1 fully saturated rings. The largest absolute Gasteiger partial charge is 0.508 e. The summed E-state index contributed by atoms with van der Waals surface area (Å²) in [5.41, 5.74) is 3.30. The zero-order valence-corrected chi connectivity index (χ0v) is 11.0. The first kappa shape index (κ1) is 10.7. The Balaban J connectivity index is 2.23. The van der Waals surface area contributed by atoms with Crippen LogP contribution in [0.4, 0.5) is 0 Å². The monoisotopic (exact) mass is 220 g/mol. The third kappa shape index (κ3) is 2.10. The fourth-order valence-corrected chi connectivity index (χ4v) is 4.81. The van der Waals surface area contributed by atoms with Gasteiger partial charge in [0.2, 0.25) is 0 Å². The Morgan fingerprint density at radius 2 is 1.93 bits per heavy atom. The summed E-state index contributed by atoms with van der Waals surface area (Å²) >= 11 is 0. The number of phenols is 1. The molecule has 0 bridgehead atoms. The topological polar surface area (TPSA) is 20.2 Å². The highest BCUT2D eigenvalue weighted by Gasteiger charge is 2.47. The Bertz CT molecular complexity index is 379. The van der Waals surface area contributed by atoms with E-state index in [0.29, 0.717) is 11.7 Å². The molecule has 0 aromatic heterocycles. The molecule has 1 aromatic rings. The molecule has 0 amide bonds. The predicted octanol–water partition coefficient (Wildman–Crippen LogP) is 3.90. The lowest BCUT2D eigenvalue weighted by Crippen LogP contribution is -2.20. The molecule has 0 aliphatic heterocycles. The molecule has 0 spiro atoms. The Morgan fingerprint density at radius 1 is 1.27 bits per heavy atom. The minimum atomic E-state index is -1.02. The van der Waals surface area contributed by atoms with Crippen molar-refractivity contribution in [1.82, 2.24) is 0 Å². The van der Waals surface area contributed by atoms with E-state index in [-0.39, 0.29) is 0 Å². The van der Waals surface area contributed by atoms with E-state index in [4.69, 9.17) is 0 Å². The van der Waals surface area contributed by atoms with Crippen LogP contribution < -0.4 is 0 Å².